The summed E-state index contributed by atoms with van der Waals surface area (Å²) in [5, 5.41) is 13.8. The number of rotatable bonds is 5. The molecule has 3 heterocycles. The zero-order chi connectivity index (χ0) is 18.8. The number of nitrogens with one attached hydrogen (secondary N) is 1. The molecule has 1 unspecified atom stereocenters. The van der Waals surface area contributed by atoms with Crippen LogP contribution in [0.2, 0.25) is 0 Å². The van der Waals surface area contributed by atoms with Crippen LogP contribution in [0.5, 0.6) is 0 Å². The van der Waals surface area contributed by atoms with Gasteiger partial charge in [0.2, 0.25) is 5.91 Å². The van der Waals surface area contributed by atoms with Crippen LogP contribution in [-0.4, -0.2) is 74.3 Å². The summed E-state index contributed by atoms with van der Waals surface area (Å²) in [6, 6.07) is 1.81. The highest BCUT2D eigenvalue weighted by molar-refractivity contribution is 5.82. The molecule has 0 radical (unpaired) electrons. The number of anilines is 2. The predicted molar refractivity (Wildman–Crippen MR) is 100 cm³/mol. The molecule has 0 bridgehead atoms. The molecule has 9 heteroatoms. The van der Waals surface area contributed by atoms with Crippen LogP contribution in [0.15, 0.2) is 31.1 Å². The van der Waals surface area contributed by atoms with Crippen molar-refractivity contribution in [3.05, 3.63) is 31.1 Å². The molecule has 1 aliphatic heterocycles. The van der Waals surface area contributed by atoms with Crippen LogP contribution in [0, 0.1) is 5.92 Å². The van der Waals surface area contributed by atoms with Gasteiger partial charge in [0.25, 0.3) is 0 Å². The fourth-order valence-electron chi connectivity index (χ4n) is 3.86. The Labute approximate surface area is 158 Å². The Hall–Kier alpha value is -2.68. The van der Waals surface area contributed by atoms with Crippen LogP contribution >= 0.6 is 0 Å². The van der Waals surface area contributed by atoms with E-state index in [4.69, 9.17) is 0 Å². The second-order valence-electron chi connectivity index (χ2n) is 7.41. The van der Waals surface area contributed by atoms with Gasteiger partial charge in [-0.3, -0.25) is 4.79 Å². The van der Waals surface area contributed by atoms with E-state index in [2.05, 4.69) is 20.3 Å². The van der Waals surface area contributed by atoms with Crippen molar-refractivity contribution in [2.24, 2.45) is 5.92 Å². The molecule has 4 rings (SSSR count). The van der Waals surface area contributed by atoms with Gasteiger partial charge in [0.15, 0.2) is 0 Å². The third-order valence-corrected chi connectivity index (χ3v) is 5.42. The molecular formula is C18H25N7O2. The van der Waals surface area contributed by atoms with Crippen LogP contribution < -0.4 is 10.2 Å². The maximum absolute atomic E-state index is 11.9. The number of piperazine rings is 1. The first-order valence-electron chi connectivity index (χ1n) is 9.30. The number of nitrogens with zero attached hydrogens (tertiary/aromatic N) is 6. The first-order valence-corrected chi connectivity index (χ1v) is 9.30. The SMILES string of the molecule is CN1CCN(c2cc(N[C@@H]3CC(Cn4ccnc4)C[C@H]3O)ncn2)CC1=O. The smallest absolute Gasteiger partial charge is 0.241 e. The van der Waals surface area contributed by atoms with Gasteiger partial charge in [-0.15, -0.1) is 0 Å². The first kappa shape index (κ1) is 17.7. The Bertz CT molecular complexity index is 782. The number of aliphatic hydroxyl groups is 1. The highest BCUT2D eigenvalue weighted by atomic mass is 16.3. The molecule has 0 spiro atoms. The molecule has 144 valence electrons. The minimum atomic E-state index is -0.415. The van der Waals surface area contributed by atoms with Crippen LogP contribution in [0.4, 0.5) is 11.6 Å². The second kappa shape index (κ2) is 7.51. The summed E-state index contributed by atoms with van der Waals surface area (Å²) >= 11 is 0. The van der Waals surface area contributed by atoms with Crippen molar-refractivity contribution in [1.82, 2.24) is 24.4 Å². The molecule has 9 nitrogen and oxygen atoms in total. The summed E-state index contributed by atoms with van der Waals surface area (Å²) in [7, 11) is 1.81. The van der Waals surface area contributed by atoms with Gasteiger partial charge in [-0.2, -0.15) is 0 Å². The number of amides is 1. The van der Waals surface area contributed by atoms with Gasteiger partial charge in [0, 0.05) is 45.1 Å². The van der Waals surface area contributed by atoms with Gasteiger partial charge < -0.3 is 24.8 Å². The molecule has 2 N–H and O–H groups in total. The van der Waals surface area contributed by atoms with E-state index in [-0.39, 0.29) is 11.9 Å². The molecule has 1 amide bonds. The van der Waals surface area contributed by atoms with Crippen molar-refractivity contribution < 1.29 is 9.90 Å². The summed E-state index contributed by atoms with van der Waals surface area (Å²) in [5.41, 5.74) is 0. The lowest BCUT2D eigenvalue weighted by molar-refractivity contribution is -0.129. The van der Waals surface area contributed by atoms with E-state index in [0.29, 0.717) is 24.8 Å². The normalized spacial score (nSPS) is 25.9. The van der Waals surface area contributed by atoms with Gasteiger partial charge in [-0.05, 0) is 18.8 Å². The Morgan fingerprint density at radius 2 is 2.19 bits per heavy atom. The van der Waals surface area contributed by atoms with Crippen LogP contribution in [-0.2, 0) is 11.3 Å². The monoisotopic (exact) mass is 371 g/mol. The lowest BCUT2D eigenvalue weighted by atomic mass is 10.1. The molecule has 27 heavy (non-hydrogen) atoms. The molecule has 1 aliphatic carbocycles. The van der Waals surface area contributed by atoms with Crippen molar-refractivity contribution >= 4 is 17.5 Å². The summed E-state index contributed by atoms with van der Waals surface area (Å²) in [5.74, 6) is 1.89. The first-order chi connectivity index (χ1) is 13.1. The minimum Gasteiger partial charge on any atom is -0.391 e. The third kappa shape index (κ3) is 4.02. The van der Waals surface area contributed by atoms with E-state index in [1.807, 2.05) is 28.8 Å². The average Bonchev–Trinajstić information content (AvgIpc) is 3.28. The molecule has 2 aliphatic rings. The van der Waals surface area contributed by atoms with Crippen LogP contribution in [0.25, 0.3) is 0 Å². The van der Waals surface area contributed by atoms with Gasteiger partial charge in [-0.25, -0.2) is 15.0 Å². The highest BCUT2D eigenvalue weighted by Crippen LogP contribution is 2.30. The zero-order valence-corrected chi connectivity index (χ0v) is 15.4. The molecule has 0 aromatic carbocycles. The average molecular weight is 371 g/mol. The standard InChI is InChI=1S/C18H25N7O2/c1-23-4-5-25(10-18(23)27)17-8-16(20-11-21-17)22-14-6-13(7-15(14)26)9-24-3-2-19-12-24/h2-3,8,11-15,26H,4-7,9-10H2,1H3,(H,20,21,22)/t13?,14-,15-/m1/s1. The number of aromatic nitrogens is 4. The summed E-state index contributed by atoms with van der Waals surface area (Å²) in [6.07, 6.45) is 8.23. The fourth-order valence-corrected chi connectivity index (χ4v) is 3.86. The van der Waals surface area contributed by atoms with E-state index < -0.39 is 6.10 Å². The van der Waals surface area contributed by atoms with Crippen molar-refractivity contribution in [3.8, 4) is 0 Å². The Morgan fingerprint density at radius 1 is 1.30 bits per heavy atom. The number of hydrogen-bond donors (Lipinski definition) is 2. The van der Waals surface area contributed by atoms with Crippen molar-refractivity contribution in [1.29, 1.82) is 0 Å². The van der Waals surface area contributed by atoms with E-state index >= 15 is 0 Å². The van der Waals surface area contributed by atoms with Gasteiger partial charge in [0.05, 0.1) is 25.0 Å². The Balaban J connectivity index is 1.39. The molecule has 1 saturated carbocycles. The molecule has 2 fully saturated rings. The number of imidazole rings is 1. The van der Waals surface area contributed by atoms with E-state index in [0.717, 1.165) is 31.7 Å². The third-order valence-electron chi connectivity index (χ3n) is 5.42. The topological polar surface area (TPSA) is 99.4 Å². The maximum Gasteiger partial charge on any atom is 0.241 e. The number of hydrogen-bond acceptors (Lipinski definition) is 7. The maximum atomic E-state index is 11.9. The molecule has 2 aromatic heterocycles. The Kier molecular flexibility index (Phi) is 4.93. The molecule has 1 saturated heterocycles. The number of carbonyl (C=O) groups is 1. The van der Waals surface area contributed by atoms with Crippen LogP contribution in [0.3, 0.4) is 0 Å². The minimum absolute atomic E-state index is 0.0459. The highest BCUT2D eigenvalue weighted by Gasteiger charge is 2.33. The Morgan fingerprint density at radius 3 is 2.96 bits per heavy atom. The van der Waals surface area contributed by atoms with Crippen molar-refractivity contribution in [2.75, 3.05) is 36.9 Å². The second-order valence-corrected chi connectivity index (χ2v) is 7.41. The summed E-state index contributed by atoms with van der Waals surface area (Å²) in [6.45, 7) is 2.61. The quantitative estimate of drug-likeness (QED) is 0.775. The van der Waals surface area contributed by atoms with Crippen LogP contribution in [0.1, 0.15) is 12.8 Å². The molecular weight excluding hydrogens is 346 g/mol. The predicted octanol–water partition coefficient (Wildman–Crippen LogP) is 0.203. The largest absolute Gasteiger partial charge is 0.391 e. The molecule has 2 aromatic rings. The number of likely N-dealkylation sites (N-methyl/N-ethyl adjacent to an activating group) is 1. The summed E-state index contributed by atoms with van der Waals surface area (Å²) in [4.78, 5) is 28.3. The van der Waals surface area contributed by atoms with Crippen molar-refractivity contribution in [2.45, 2.75) is 31.5 Å². The lowest BCUT2D eigenvalue weighted by Gasteiger charge is -2.32. The number of aliphatic hydroxyl groups excluding tert-OH is 1. The van der Waals surface area contributed by atoms with Crippen molar-refractivity contribution in [3.63, 3.8) is 0 Å². The number of carbonyl (C=O) groups excluding carboxylic acids is 1. The van der Waals surface area contributed by atoms with Gasteiger partial charge >= 0.3 is 0 Å². The van der Waals surface area contributed by atoms with Gasteiger partial charge in [0.1, 0.15) is 18.0 Å². The summed E-state index contributed by atoms with van der Waals surface area (Å²) < 4.78 is 2.05. The van der Waals surface area contributed by atoms with E-state index in [1.165, 1.54) is 6.33 Å². The molecule has 3 atom stereocenters. The zero-order valence-electron chi connectivity index (χ0n) is 15.4. The van der Waals surface area contributed by atoms with E-state index in [1.54, 1.807) is 17.4 Å². The fraction of sp³-hybridized carbons (Fsp3) is 0.556. The van der Waals surface area contributed by atoms with Gasteiger partial charge in [-0.1, -0.05) is 0 Å². The van der Waals surface area contributed by atoms with E-state index in [9.17, 15) is 9.90 Å². The lowest BCUT2D eigenvalue weighted by Crippen LogP contribution is -2.48.